The van der Waals surface area contributed by atoms with Crippen LogP contribution in [0.1, 0.15) is 0 Å². The lowest BCUT2D eigenvalue weighted by atomic mass is 9.87. The average Bonchev–Trinajstić information content (AvgIpc) is 2.71. The van der Waals surface area contributed by atoms with E-state index in [0.717, 1.165) is 5.75 Å². The zero-order chi connectivity index (χ0) is 17.3. The van der Waals surface area contributed by atoms with E-state index in [4.69, 9.17) is 4.74 Å². The van der Waals surface area contributed by atoms with Crippen LogP contribution in [-0.2, 0) is 0 Å². The van der Waals surface area contributed by atoms with Gasteiger partial charge in [-0.1, -0.05) is 60.7 Å². The van der Waals surface area contributed by atoms with Crippen molar-refractivity contribution in [2.24, 2.45) is 0 Å². The van der Waals surface area contributed by atoms with Gasteiger partial charge < -0.3 is 4.74 Å². The largest absolute Gasteiger partial charge is 0.497 e. The molecule has 0 aliphatic carbocycles. The van der Waals surface area contributed by atoms with E-state index in [1.54, 1.807) is 7.11 Å². The van der Waals surface area contributed by atoms with E-state index in [2.05, 4.69) is 78.9 Å². The number of hydrogen-bond donors (Lipinski definition) is 0. The quantitative estimate of drug-likeness (QED) is 0.235. The molecule has 0 radical (unpaired) electrons. The Hall–Kier alpha value is -3.32. The molecule has 0 spiro atoms. The van der Waals surface area contributed by atoms with Crippen molar-refractivity contribution in [2.75, 3.05) is 7.11 Å². The molecule has 0 unspecified atom stereocenters. The molecule has 0 amide bonds. The number of hydrogen-bond acceptors (Lipinski definition) is 1. The maximum Gasteiger partial charge on any atom is 0.120 e. The summed E-state index contributed by atoms with van der Waals surface area (Å²) in [6.07, 6.45) is 0. The van der Waals surface area contributed by atoms with Crippen LogP contribution in [0.4, 0.5) is 0 Å². The molecule has 6 aromatic rings. The van der Waals surface area contributed by atoms with Gasteiger partial charge in [-0.3, -0.25) is 0 Å². The van der Waals surface area contributed by atoms with Crippen LogP contribution in [0.15, 0.2) is 78.9 Å². The predicted molar refractivity (Wildman–Crippen MR) is 112 cm³/mol. The summed E-state index contributed by atoms with van der Waals surface area (Å²) < 4.78 is 5.60. The topological polar surface area (TPSA) is 9.23 Å². The number of benzene rings is 6. The fourth-order valence-electron chi connectivity index (χ4n) is 4.55. The molecule has 0 aromatic heterocycles. The SMILES string of the molecule is COc1cc2cccc3c4cccc5c6ccccc6cc(c(c1)c23)c54. The highest BCUT2D eigenvalue weighted by Crippen LogP contribution is 2.43. The summed E-state index contributed by atoms with van der Waals surface area (Å²) in [4.78, 5) is 0. The Balaban J connectivity index is 2.05. The van der Waals surface area contributed by atoms with E-state index < -0.39 is 0 Å². The fourth-order valence-corrected chi connectivity index (χ4v) is 4.55. The molecule has 0 fully saturated rings. The van der Waals surface area contributed by atoms with Crippen molar-refractivity contribution in [1.29, 1.82) is 0 Å². The van der Waals surface area contributed by atoms with Gasteiger partial charge >= 0.3 is 0 Å². The molecule has 0 N–H and O–H groups in total. The van der Waals surface area contributed by atoms with Gasteiger partial charge in [-0.15, -0.1) is 0 Å². The molecule has 122 valence electrons. The summed E-state index contributed by atoms with van der Waals surface area (Å²) in [5.74, 6) is 0.908. The molecular formula is C25H16O. The third-order valence-corrected chi connectivity index (χ3v) is 5.65. The first-order valence-corrected chi connectivity index (χ1v) is 8.91. The lowest BCUT2D eigenvalue weighted by molar-refractivity contribution is 0.416. The van der Waals surface area contributed by atoms with Crippen LogP contribution in [0.5, 0.6) is 5.75 Å². The van der Waals surface area contributed by atoms with E-state index in [1.165, 1.54) is 53.9 Å². The maximum absolute atomic E-state index is 5.60. The Morgan fingerprint density at radius 2 is 1.12 bits per heavy atom. The molecule has 1 heteroatoms. The van der Waals surface area contributed by atoms with Gasteiger partial charge in [0.1, 0.15) is 5.75 Å². The van der Waals surface area contributed by atoms with Gasteiger partial charge in [-0.05, 0) is 72.1 Å². The summed E-state index contributed by atoms with van der Waals surface area (Å²) in [6, 6.07) is 28.6. The van der Waals surface area contributed by atoms with Crippen LogP contribution >= 0.6 is 0 Å². The predicted octanol–water partition coefficient (Wildman–Crippen LogP) is 6.90. The van der Waals surface area contributed by atoms with Gasteiger partial charge in [-0.25, -0.2) is 0 Å². The van der Waals surface area contributed by atoms with Crippen LogP contribution in [0.25, 0.3) is 53.9 Å². The summed E-state index contributed by atoms with van der Waals surface area (Å²) in [6.45, 7) is 0. The molecule has 0 aliphatic rings. The highest BCUT2D eigenvalue weighted by molar-refractivity contribution is 6.36. The summed E-state index contributed by atoms with van der Waals surface area (Å²) in [7, 11) is 1.74. The molecule has 0 bridgehead atoms. The van der Waals surface area contributed by atoms with Gasteiger partial charge in [0.05, 0.1) is 7.11 Å². The third-order valence-electron chi connectivity index (χ3n) is 5.65. The first-order chi connectivity index (χ1) is 12.8. The van der Waals surface area contributed by atoms with Gasteiger partial charge in [-0.2, -0.15) is 0 Å². The van der Waals surface area contributed by atoms with Gasteiger partial charge in [0.15, 0.2) is 0 Å². The highest BCUT2D eigenvalue weighted by atomic mass is 16.5. The number of rotatable bonds is 1. The molecule has 0 atom stereocenters. The fraction of sp³-hybridized carbons (Fsp3) is 0.0400. The van der Waals surface area contributed by atoms with Crippen LogP contribution < -0.4 is 4.74 Å². The second kappa shape index (κ2) is 4.86. The van der Waals surface area contributed by atoms with E-state index in [-0.39, 0.29) is 0 Å². The molecule has 1 nitrogen and oxygen atoms in total. The zero-order valence-electron chi connectivity index (χ0n) is 14.4. The van der Waals surface area contributed by atoms with Crippen molar-refractivity contribution < 1.29 is 4.74 Å². The van der Waals surface area contributed by atoms with Crippen molar-refractivity contribution in [2.45, 2.75) is 0 Å². The summed E-state index contributed by atoms with van der Waals surface area (Å²) in [5, 5.41) is 13.0. The second-order valence-electron chi connectivity index (χ2n) is 6.95. The first-order valence-electron chi connectivity index (χ1n) is 8.91. The number of fused-ring (bicyclic) bond motifs is 4. The lowest BCUT2D eigenvalue weighted by Gasteiger charge is -2.16. The molecule has 0 aliphatic heterocycles. The van der Waals surface area contributed by atoms with Crippen LogP contribution in [-0.4, -0.2) is 7.11 Å². The summed E-state index contributed by atoms with van der Waals surface area (Å²) >= 11 is 0. The number of methoxy groups -OCH3 is 1. The highest BCUT2D eigenvalue weighted by Gasteiger charge is 2.15. The zero-order valence-corrected chi connectivity index (χ0v) is 14.4. The van der Waals surface area contributed by atoms with E-state index in [1.807, 2.05) is 0 Å². The lowest BCUT2D eigenvalue weighted by Crippen LogP contribution is -1.90. The standard InChI is InChI=1S/C25H16O/c1-26-17-12-16-7-4-9-20-21-11-5-10-19-18-8-3-2-6-15(18)13-22(25(19)21)23(14-17)24(16)20/h2-14H,1H3. The Labute approximate surface area is 150 Å². The molecule has 26 heavy (non-hydrogen) atoms. The minimum absolute atomic E-state index is 0.908. The molecule has 6 rings (SSSR count). The van der Waals surface area contributed by atoms with Gasteiger partial charge in [0.25, 0.3) is 0 Å². The minimum atomic E-state index is 0.908. The van der Waals surface area contributed by atoms with Gasteiger partial charge in [0.2, 0.25) is 0 Å². The average molecular weight is 332 g/mol. The van der Waals surface area contributed by atoms with E-state index in [9.17, 15) is 0 Å². The minimum Gasteiger partial charge on any atom is -0.497 e. The molecular weight excluding hydrogens is 316 g/mol. The van der Waals surface area contributed by atoms with Crippen molar-refractivity contribution in [3.63, 3.8) is 0 Å². The first kappa shape index (κ1) is 13.9. The molecule has 0 saturated carbocycles. The maximum atomic E-state index is 5.60. The Bertz CT molecular complexity index is 1460. The van der Waals surface area contributed by atoms with Crippen LogP contribution in [0.3, 0.4) is 0 Å². The van der Waals surface area contributed by atoms with E-state index in [0.29, 0.717) is 0 Å². The van der Waals surface area contributed by atoms with Crippen LogP contribution in [0.2, 0.25) is 0 Å². The normalized spacial score (nSPS) is 12.0. The third kappa shape index (κ3) is 1.65. The van der Waals surface area contributed by atoms with Crippen molar-refractivity contribution in [3.05, 3.63) is 78.9 Å². The molecule has 0 saturated heterocycles. The monoisotopic (exact) mass is 332 g/mol. The number of ether oxygens (including phenoxy) is 1. The summed E-state index contributed by atoms with van der Waals surface area (Å²) in [5.41, 5.74) is 0. The molecule has 6 aromatic carbocycles. The Kier molecular flexibility index (Phi) is 2.60. The van der Waals surface area contributed by atoms with Gasteiger partial charge in [0, 0.05) is 0 Å². The van der Waals surface area contributed by atoms with Crippen molar-refractivity contribution >= 4 is 53.9 Å². The second-order valence-corrected chi connectivity index (χ2v) is 6.95. The van der Waals surface area contributed by atoms with E-state index >= 15 is 0 Å². The Morgan fingerprint density at radius 1 is 0.500 bits per heavy atom. The smallest absolute Gasteiger partial charge is 0.120 e. The Morgan fingerprint density at radius 3 is 1.96 bits per heavy atom. The van der Waals surface area contributed by atoms with Crippen LogP contribution in [0, 0.1) is 0 Å². The van der Waals surface area contributed by atoms with Crippen molar-refractivity contribution in [3.8, 4) is 5.75 Å². The van der Waals surface area contributed by atoms with Crippen molar-refractivity contribution in [1.82, 2.24) is 0 Å². The molecule has 0 heterocycles.